The van der Waals surface area contributed by atoms with Crippen molar-refractivity contribution in [2.24, 2.45) is 5.92 Å². The van der Waals surface area contributed by atoms with E-state index in [1.54, 1.807) is 13.2 Å². The fraction of sp³-hybridized carbons (Fsp3) is 0.538. The highest BCUT2D eigenvalue weighted by Crippen LogP contribution is 2.20. The zero-order valence-electron chi connectivity index (χ0n) is 9.99. The second kappa shape index (κ2) is 6.94. The largest absolute Gasteiger partial charge is 0.381 e. The minimum absolute atomic E-state index is 0. The molecule has 1 N–H and O–H groups in total. The lowest BCUT2D eigenvalue weighted by Crippen LogP contribution is -2.42. The van der Waals surface area contributed by atoms with E-state index in [-0.39, 0.29) is 24.3 Å². The van der Waals surface area contributed by atoms with Crippen molar-refractivity contribution in [2.45, 2.75) is 18.9 Å². The van der Waals surface area contributed by atoms with Crippen LogP contribution in [0.2, 0.25) is 0 Å². The summed E-state index contributed by atoms with van der Waals surface area (Å²) < 4.78 is 19.0. The first-order valence-electron chi connectivity index (χ1n) is 5.78. The zero-order valence-corrected chi connectivity index (χ0v) is 10.8. The molecule has 0 aromatic heterocycles. The van der Waals surface area contributed by atoms with Crippen LogP contribution < -0.4 is 5.32 Å². The number of ether oxygens (including phenoxy) is 1. The number of rotatable bonds is 3. The van der Waals surface area contributed by atoms with Gasteiger partial charge in [0.15, 0.2) is 0 Å². The predicted molar refractivity (Wildman–Crippen MR) is 69.1 cm³/mol. The van der Waals surface area contributed by atoms with Gasteiger partial charge in [-0.1, -0.05) is 18.2 Å². The lowest BCUT2D eigenvalue weighted by molar-refractivity contribution is 0.0308. The van der Waals surface area contributed by atoms with Crippen LogP contribution in [0.3, 0.4) is 0 Å². The average Bonchev–Trinajstić information content (AvgIpc) is 2.33. The van der Waals surface area contributed by atoms with Crippen LogP contribution in [0.15, 0.2) is 24.3 Å². The Hall–Kier alpha value is -0.640. The molecule has 1 aliphatic rings. The maximum absolute atomic E-state index is 13.5. The molecule has 1 aliphatic heterocycles. The molecule has 1 fully saturated rings. The third kappa shape index (κ3) is 3.66. The number of hydrogen-bond acceptors (Lipinski definition) is 2. The van der Waals surface area contributed by atoms with Gasteiger partial charge in [-0.15, -0.1) is 12.4 Å². The van der Waals surface area contributed by atoms with Gasteiger partial charge in [-0.3, -0.25) is 0 Å². The molecule has 2 rings (SSSR count). The van der Waals surface area contributed by atoms with Gasteiger partial charge in [-0.2, -0.15) is 0 Å². The maximum atomic E-state index is 13.5. The molecule has 0 saturated carbocycles. The van der Waals surface area contributed by atoms with Crippen LogP contribution in [-0.4, -0.2) is 26.3 Å². The molecular weight excluding hydrogens is 241 g/mol. The summed E-state index contributed by atoms with van der Waals surface area (Å²) in [5.41, 5.74) is 0.790. The lowest BCUT2D eigenvalue weighted by Gasteiger charge is -2.31. The molecule has 96 valence electrons. The Morgan fingerprint density at radius 3 is 2.88 bits per heavy atom. The van der Waals surface area contributed by atoms with E-state index < -0.39 is 0 Å². The monoisotopic (exact) mass is 259 g/mol. The van der Waals surface area contributed by atoms with Gasteiger partial charge in [0.25, 0.3) is 0 Å². The molecule has 0 radical (unpaired) electrons. The van der Waals surface area contributed by atoms with Crippen LogP contribution in [0.1, 0.15) is 12.0 Å². The predicted octanol–water partition coefficient (Wildman–Crippen LogP) is 2.41. The normalized spacial score (nSPS) is 24.1. The number of nitrogens with one attached hydrogen (secondary N) is 1. The molecule has 17 heavy (non-hydrogen) atoms. The Bertz CT molecular complexity index is 348. The molecule has 1 heterocycles. The van der Waals surface area contributed by atoms with Gasteiger partial charge >= 0.3 is 0 Å². The van der Waals surface area contributed by atoms with E-state index in [4.69, 9.17) is 4.74 Å². The van der Waals surface area contributed by atoms with Gasteiger partial charge < -0.3 is 10.1 Å². The highest BCUT2D eigenvalue weighted by molar-refractivity contribution is 5.85. The summed E-state index contributed by atoms with van der Waals surface area (Å²) in [4.78, 5) is 0. The van der Waals surface area contributed by atoms with Crippen LogP contribution >= 0.6 is 12.4 Å². The summed E-state index contributed by atoms with van der Waals surface area (Å²) >= 11 is 0. The molecule has 1 aromatic carbocycles. The molecule has 0 unspecified atom stereocenters. The number of methoxy groups -OCH3 is 1. The minimum atomic E-state index is -0.108. The summed E-state index contributed by atoms with van der Waals surface area (Å²) in [6, 6.07) is 6.99. The number of halogens is 2. The topological polar surface area (TPSA) is 21.3 Å². The molecule has 0 bridgehead atoms. The van der Waals surface area contributed by atoms with Crippen LogP contribution in [-0.2, 0) is 11.2 Å². The van der Waals surface area contributed by atoms with E-state index in [0.29, 0.717) is 5.92 Å². The molecule has 4 heteroatoms. The van der Waals surface area contributed by atoms with Gasteiger partial charge in [0.05, 0.1) is 6.10 Å². The maximum Gasteiger partial charge on any atom is 0.126 e. The van der Waals surface area contributed by atoms with Crippen LogP contribution in [0.5, 0.6) is 0 Å². The van der Waals surface area contributed by atoms with Crippen LogP contribution in [0.25, 0.3) is 0 Å². The molecule has 1 aromatic rings. The molecule has 0 spiro atoms. The minimum Gasteiger partial charge on any atom is -0.381 e. The van der Waals surface area contributed by atoms with Crippen molar-refractivity contribution in [3.05, 3.63) is 35.6 Å². The Kier molecular flexibility index (Phi) is 5.89. The van der Waals surface area contributed by atoms with Gasteiger partial charge in [0.2, 0.25) is 0 Å². The van der Waals surface area contributed by atoms with Gasteiger partial charge in [0, 0.05) is 19.6 Å². The molecule has 0 aliphatic carbocycles. The summed E-state index contributed by atoms with van der Waals surface area (Å²) in [7, 11) is 1.74. The second-order valence-electron chi connectivity index (χ2n) is 4.32. The van der Waals surface area contributed by atoms with Crippen molar-refractivity contribution in [1.82, 2.24) is 5.32 Å². The molecule has 0 amide bonds. The average molecular weight is 260 g/mol. The number of piperidine rings is 1. The fourth-order valence-electron chi connectivity index (χ4n) is 2.36. The van der Waals surface area contributed by atoms with E-state index in [2.05, 4.69) is 5.32 Å². The highest BCUT2D eigenvalue weighted by Gasteiger charge is 2.25. The Morgan fingerprint density at radius 1 is 1.41 bits per heavy atom. The first-order valence-corrected chi connectivity index (χ1v) is 5.78. The summed E-state index contributed by atoms with van der Waals surface area (Å²) in [6.07, 6.45) is 2.01. The third-order valence-electron chi connectivity index (χ3n) is 3.28. The van der Waals surface area contributed by atoms with Crippen molar-refractivity contribution in [3.8, 4) is 0 Å². The van der Waals surface area contributed by atoms with Crippen LogP contribution in [0.4, 0.5) is 4.39 Å². The Morgan fingerprint density at radius 2 is 2.18 bits per heavy atom. The Balaban J connectivity index is 0.00000144. The second-order valence-corrected chi connectivity index (χ2v) is 4.32. The van der Waals surface area contributed by atoms with Gasteiger partial charge in [0.1, 0.15) is 5.82 Å². The van der Waals surface area contributed by atoms with Gasteiger partial charge in [-0.05, 0) is 31.0 Å². The van der Waals surface area contributed by atoms with E-state index in [1.807, 2.05) is 12.1 Å². The summed E-state index contributed by atoms with van der Waals surface area (Å²) in [5, 5.41) is 3.34. The third-order valence-corrected chi connectivity index (χ3v) is 3.28. The summed E-state index contributed by atoms with van der Waals surface area (Å²) in [5.74, 6) is 0.263. The highest BCUT2D eigenvalue weighted by atomic mass is 35.5. The van der Waals surface area contributed by atoms with E-state index in [0.717, 1.165) is 31.5 Å². The van der Waals surface area contributed by atoms with Crippen molar-refractivity contribution in [3.63, 3.8) is 0 Å². The quantitative estimate of drug-likeness (QED) is 0.900. The number of hydrogen-bond donors (Lipinski definition) is 1. The SMILES string of the molecule is CO[C@H]1CCNC[C@H]1Cc1ccccc1F.Cl. The Labute approximate surface area is 108 Å². The van der Waals surface area contributed by atoms with Crippen LogP contribution in [0, 0.1) is 11.7 Å². The van der Waals surface area contributed by atoms with Crippen molar-refractivity contribution >= 4 is 12.4 Å². The van der Waals surface area contributed by atoms with E-state index in [9.17, 15) is 4.39 Å². The molecule has 2 atom stereocenters. The molecular formula is C13H19ClFNO. The van der Waals surface area contributed by atoms with Gasteiger partial charge in [-0.25, -0.2) is 4.39 Å². The number of benzene rings is 1. The van der Waals surface area contributed by atoms with E-state index >= 15 is 0 Å². The summed E-state index contributed by atoms with van der Waals surface area (Å²) in [6.45, 7) is 1.90. The first-order chi connectivity index (χ1) is 7.81. The van der Waals surface area contributed by atoms with Crippen molar-refractivity contribution < 1.29 is 9.13 Å². The first kappa shape index (κ1) is 14.4. The smallest absolute Gasteiger partial charge is 0.126 e. The standard InChI is InChI=1S/C13H18FNO.ClH/c1-16-13-6-7-15-9-11(13)8-10-4-2-3-5-12(10)14;/h2-5,11,13,15H,6-9H2,1H3;1H/t11-,13+;/m1./s1. The van der Waals surface area contributed by atoms with Crippen molar-refractivity contribution in [1.29, 1.82) is 0 Å². The molecule has 1 saturated heterocycles. The van der Waals surface area contributed by atoms with Crippen molar-refractivity contribution in [2.75, 3.05) is 20.2 Å². The van der Waals surface area contributed by atoms with E-state index in [1.165, 1.54) is 6.07 Å². The lowest BCUT2D eigenvalue weighted by atomic mass is 9.89. The zero-order chi connectivity index (χ0) is 11.4. The molecule has 2 nitrogen and oxygen atoms in total. The fourth-order valence-corrected chi connectivity index (χ4v) is 2.36.